The summed E-state index contributed by atoms with van der Waals surface area (Å²) in [6.45, 7) is 0. The highest BCUT2D eigenvalue weighted by molar-refractivity contribution is 7.09. The molecule has 0 atom stereocenters. The number of rotatable bonds is 5. The number of carbonyl (C=O) groups is 2. The van der Waals surface area contributed by atoms with Crippen LogP contribution in [0.5, 0.6) is 0 Å². The fourth-order valence-corrected chi connectivity index (χ4v) is 2.65. The smallest absolute Gasteiger partial charge is 0.329 e. The summed E-state index contributed by atoms with van der Waals surface area (Å²) in [5.74, 6) is -1.08. The lowest BCUT2D eigenvalue weighted by atomic mass is 9.76. The van der Waals surface area contributed by atoms with Gasteiger partial charge in [0.05, 0.1) is 0 Å². The van der Waals surface area contributed by atoms with Crippen molar-refractivity contribution in [1.29, 1.82) is 0 Å². The molecule has 1 aromatic rings. The molecule has 0 saturated heterocycles. The van der Waals surface area contributed by atoms with Crippen molar-refractivity contribution in [2.75, 3.05) is 0 Å². The van der Waals surface area contributed by atoms with Crippen LogP contribution in [0.4, 0.5) is 0 Å². The number of hydrogen-bond acceptors (Lipinski definition) is 3. The Morgan fingerprint density at radius 1 is 1.47 bits per heavy atom. The Morgan fingerprint density at radius 2 is 2.24 bits per heavy atom. The van der Waals surface area contributed by atoms with Gasteiger partial charge in [-0.1, -0.05) is 6.07 Å². The molecule has 1 fully saturated rings. The van der Waals surface area contributed by atoms with Crippen molar-refractivity contribution in [1.82, 2.24) is 5.32 Å². The van der Waals surface area contributed by atoms with Gasteiger partial charge in [0, 0.05) is 11.3 Å². The molecular weight excluding hydrogens is 238 g/mol. The van der Waals surface area contributed by atoms with Crippen LogP contribution in [0.1, 0.15) is 30.6 Å². The fourth-order valence-electron chi connectivity index (χ4n) is 1.94. The van der Waals surface area contributed by atoms with E-state index in [9.17, 15) is 9.59 Å². The van der Waals surface area contributed by atoms with E-state index in [1.54, 1.807) is 11.3 Å². The summed E-state index contributed by atoms with van der Waals surface area (Å²) >= 11 is 1.61. The van der Waals surface area contributed by atoms with Crippen LogP contribution in [0.2, 0.25) is 0 Å². The molecule has 0 unspecified atom stereocenters. The molecule has 4 nitrogen and oxygen atoms in total. The van der Waals surface area contributed by atoms with E-state index in [1.165, 1.54) is 0 Å². The summed E-state index contributed by atoms with van der Waals surface area (Å²) in [5, 5.41) is 13.7. The molecule has 1 saturated carbocycles. The summed E-state index contributed by atoms with van der Waals surface area (Å²) in [7, 11) is 0. The minimum absolute atomic E-state index is 0.166. The molecule has 1 aliphatic carbocycles. The Labute approximate surface area is 104 Å². The molecule has 2 N–H and O–H groups in total. The molecule has 92 valence electrons. The number of carboxylic acid groups (broad SMARTS) is 1. The largest absolute Gasteiger partial charge is 0.480 e. The van der Waals surface area contributed by atoms with Crippen LogP contribution in [0.15, 0.2) is 17.5 Å². The Bertz CT molecular complexity index is 409. The van der Waals surface area contributed by atoms with E-state index in [1.807, 2.05) is 17.5 Å². The summed E-state index contributed by atoms with van der Waals surface area (Å²) in [6, 6.07) is 3.93. The minimum Gasteiger partial charge on any atom is -0.480 e. The van der Waals surface area contributed by atoms with E-state index in [2.05, 4.69) is 5.32 Å². The molecule has 0 aliphatic heterocycles. The van der Waals surface area contributed by atoms with Crippen LogP contribution in [0.3, 0.4) is 0 Å². The van der Waals surface area contributed by atoms with E-state index in [0.717, 1.165) is 11.3 Å². The van der Waals surface area contributed by atoms with E-state index in [-0.39, 0.29) is 5.91 Å². The maximum absolute atomic E-state index is 11.7. The average molecular weight is 253 g/mol. The first-order valence-corrected chi connectivity index (χ1v) is 6.57. The van der Waals surface area contributed by atoms with Crippen molar-refractivity contribution in [2.24, 2.45) is 0 Å². The van der Waals surface area contributed by atoms with Gasteiger partial charge in [0.2, 0.25) is 5.91 Å². The molecule has 5 heteroatoms. The number of thiophene rings is 1. The SMILES string of the molecule is O=C(CCc1cccs1)NC1(C(=O)O)CCC1. The number of carbonyl (C=O) groups excluding carboxylic acids is 1. The molecule has 0 radical (unpaired) electrons. The molecule has 0 bridgehead atoms. The molecule has 1 aliphatic rings. The Balaban J connectivity index is 1.83. The van der Waals surface area contributed by atoms with Crippen LogP contribution in [0, 0.1) is 0 Å². The third kappa shape index (κ3) is 2.66. The highest BCUT2D eigenvalue weighted by Crippen LogP contribution is 2.32. The van der Waals surface area contributed by atoms with Gasteiger partial charge in [0.25, 0.3) is 0 Å². The zero-order valence-corrected chi connectivity index (χ0v) is 10.3. The number of aliphatic carboxylic acids is 1. The maximum atomic E-state index is 11.7. The van der Waals surface area contributed by atoms with E-state index < -0.39 is 11.5 Å². The van der Waals surface area contributed by atoms with Crippen molar-refractivity contribution in [2.45, 2.75) is 37.6 Å². The molecular formula is C12H15NO3S. The summed E-state index contributed by atoms with van der Waals surface area (Å²) in [6.07, 6.45) is 3.01. The van der Waals surface area contributed by atoms with E-state index in [4.69, 9.17) is 5.11 Å². The summed E-state index contributed by atoms with van der Waals surface area (Å²) in [5.41, 5.74) is -0.980. The van der Waals surface area contributed by atoms with Gasteiger partial charge in [0.15, 0.2) is 0 Å². The first-order valence-electron chi connectivity index (χ1n) is 5.69. The quantitative estimate of drug-likeness (QED) is 0.841. The van der Waals surface area contributed by atoms with Gasteiger partial charge in [-0.25, -0.2) is 4.79 Å². The normalized spacial score (nSPS) is 17.2. The monoisotopic (exact) mass is 253 g/mol. The third-order valence-corrected chi connectivity index (χ3v) is 4.11. The third-order valence-electron chi connectivity index (χ3n) is 3.17. The number of nitrogens with one attached hydrogen (secondary N) is 1. The molecule has 1 aromatic heterocycles. The Morgan fingerprint density at radius 3 is 2.71 bits per heavy atom. The van der Waals surface area contributed by atoms with Crippen molar-refractivity contribution < 1.29 is 14.7 Å². The number of amides is 1. The van der Waals surface area contributed by atoms with Crippen LogP contribution in [-0.4, -0.2) is 22.5 Å². The van der Waals surface area contributed by atoms with Gasteiger partial charge >= 0.3 is 5.97 Å². The van der Waals surface area contributed by atoms with Crippen LogP contribution in [0.25, 0.3) is 0 Å². The van der Waals surface area contributed by atoms with Gasteiger partial charge in [0.1, 0.15) is 5.54 Å². The van der Waals surface area contributed by atoms with Gasteiger partial charge < -0.3 is 10.4 Å². The predicted octanol–water partition coefficient (Wildman–Crippen LogP) is 1.80. The van der Waals surface area contributed by atoms with Crippen LogP contribution < -0.4 is 5.32 Å². The summed E-state index contributed by atoms with van der Waals surface area (Å²) in [4.78, 5) is 23.9. The first-order chi connectivity index (χ1) is 8.12. The van der Waals surface area contributed by atoms with Crippen molar-refractivity contribution in [3.05, 3.63) is 22.4 Å². The zero-order chi connectivity index (χ0) is 12.3. The molecule has 17 heavy (non-hydrogen) atoms. The second-order valence-corrected chi connectivity index (χ2v) is 5.40. The molecule has 1 amide bonds. The Hall–Kier alpha value is -1.36. The lowest BCUT2D eigenvalue weighted by molar-refractivity contribution is -0.151. The van der Waals surface area contributed by atoms with Gasteiger partial charge in [-0.05, 0) is 37.1 Å². The molecule has 0 aromatic carbocycles. The highest BCUT2D eigenvalue weighted by atomic mass is 32.1. The number of aryl methyl sites for hydroxylation is 1. The van der Waals surface area contributed by atoms with Gasteiger partial charge in [-0.3, -0.25) is 4.79 Å². The van der Waals surface area contributed by atoms with Crippen LogP contribution >= 0.6 is 11.3 Å². The predicted molar refractivity (Wildman–Crippen MR) is 65.0 cm³/mol. The zero-order valence-electron chi connectivity index (χ0n) is 9.44. The fraction of sp³-hybridized carbons (Fsp3) is 0.500. The topological polar surface area (TPSA) is 66.4 Å². The average Bonchev–Trinajstić information content (AvgIpc) is 2.72. The lowest BCUT2D eigenvalue weighted by Crippen LogP contribution is -2.59. The second kappa shape index (κ2) is 4.87. The van der Waals surface area contributed by atoms with Gasteiger partial charge in [-0.15, -0.1) is 11.3 Å². The van der Waals surface area contributed by atoms with Crippen LogP contribution in [-0.2, 0) is 16.0 Å². The number of hydrogen-bond donors (Lipinski definition) is 2. The second-order valence-electron chi connectivity index (χ2n) is 4.37. The molecule has 0 spiro atoms. The minimum atomic E-state index is -0.980. The van der Waals surface area contributed by atoms with Crippen molar-refractivity contribution in [3.63, 3.8) is 0 Å². The van der Waals surface area contributed by atoms with Crippen molar-refractivity contribution in [3.8, 4) is 0 Å². The molecule has 1 heterocycles. The standard InChI is InChI=1S/C12H15NO3S/c14-10(5-4-9-3-1-8-17-9)13-12(11(15)16)6-2-7-12/h1,3,8H,2,4-7H2,(H,13,14)(H,15,16). The van der Waals surface area contributed by atoms with Gasteiger partial charge in [-0.2, -0.15) is 0 Å². The maximum Gasteiger partial charge on any atom is 0.329 e. The van der Waals surface area contributed by atoms with Crippen molar-refractivity contribution >= 4 is 23.2 Å². The Kier molecular flexibility index (Phi) is 3.47. The molecule has 2 rings (SSSR count). The lowest BCUT2D eigenvalue weighted by Gasteiger charge is -2.38. The van der Waals surface area contributed by atoms with E-state index >= 15 is 0 Å². The first kappa shape index (κ1) is 12.1. The summed E-state index contributed by atoms with van der Waals surface area (Å²) < 4.78 is 0. The van der Waals surface area contributed by atoms with E-state index in [0.29, 0.717) is 25.7 Å². The highest BCUT2D eigenvalue weighted by Gasteiger charge is 2.45. The number of carboxylic acids is 1.